The summed E-state index contributed by atoms with van der Waals surface area (Å²) in [7, 11) is -3.89. The van der Waals surface area contributed by atoms with E-state index in [2.05, 4.69) is 15.6 Å². The van der Waals surface area contributed by atoms with Crippen LogP contribution in [-0.2, 0) is 21.3 Å². The number of anilines is 1. The van der Waals surface area contributed by atoms with Crippen molar-refractivity contribution in [3.63, 3.8) is 0 Å². The van der Waals surface area contributed by atoms with E-state index in [1.807, 2.05) is 0 Å². The van der Waals surface area contributed by atoms with Gasteiger partial charge < -0.3 is 9.30 Å². The van der Waals surface area contributed by atoms with Crippen LogP contribution in [0.25, 0.3) is 10.2 Å². The van der Waals surface area contributed by atoms with Crippen LogP contribution in [0.5, 0.6) is 0 Å². The maximum atomic E-state index is 13.0. The van der Waals surface area contributed by atoms with Gasteiger partial charge in [-0.3, -0.25) is 9.52 Å². The fraction of sp³-hybridized carbons (Fsp3) is 0.115. The molecule has 4 rings (SSSR count). The van der Waals surface area contributed by atoms with Crippen molar-refractivity contribution in [3.8, 4) is 12.3 Å². The van der Waals surface area contributed by atoms with E-state index < -0.39 is 21.9 Å². The van der Waals surface area contributed by atoms with Crippen molar-refractivity contribution in [2.24, 2.45) is 4.99 Å². The Labute approximate surface area is 222 Å². The molecular formula is C26H20ClN3O5S2. The summed E-state index contributed by atoms with van der Waals surface area (Å²) < 4.78 is 35.3. The summed E-state index contributed by atoms with van der Waals surface area (Å²) in [6.07, 6.45) is 5.53. The number of sulfonamides is 1. The van der Waals surface area contributed by atoms with Gasteiger partial charge in [0.15, 0.2) is 4.80 Å². The first kappa shape index (κ1) is 26.2. The number of hydrogen-bond donors (Lipinski definition) is 1. The van der Waals surface area contributed by atoms with Crippen molar-refractivity contribution in [2.75, 3.05) is 11.3 Å². The molecule has 0 fully saturated rings. The molecule has 1 N–H and O–H groups in total. The third-order valence-corrected chi connectivity index (χ3v) is 7.82. The Bertz CT molecular complexity index is 1720. The number of rotatable bonds is 7. The van der Waals surface area contributed by atoms with E-state index >= 15 is 0 Å². The van der Waals surface area contributed by atoms with E-state index in [0.717, 1.165) is 0 Å². The molecule has 0 saturated carbocycles. The molecule has 0 saturated heterocycles. The van der Waals surface area contributed by atoms with Gasteiger partial charge in [-0.05, 0) is 67.6 Å². The molecule has 1 amide bonds. The van der Waals surface area contributed by atoms with Gasteiger partial charge in [0, 0.05) is 16.3 Å². The zero-order chi connectivity index (χ0) is 26.6. The third-order valence-electron chi connectivity index (χ3n) is 5.13. The van der Waals surface area contributed by atoms with Crippen LogP contribution in [0.2, 0.25) is 5.02 Å². The summed E-state index contributed by atoms with van der Waals surface area (Å²) in [5, 5.41) is 0.411. The van der Waals surface area contributed by atoms with Gasteiger partial charge in [-0.2, -0.15) is 4.99 Å². The number of amides is 1. The Hall–Kier alpha value is -3.91. The van der Waals surface area contributed by atoms with Crippen molar-refractivity contribution >= 4 is 60.7 Å². The van der Waals surface area contributed by atoms with Gasteiger partial charge in [0.2, 0.25) is 0 Å². The second-order valence-corrected chi connectivity index (χ2v) is 10.8. The lowest BCUT2D eigenvalue weighted by Crippen LogP contribution is -2.17. The molecule has 1 aromatic heterocycles. The predicted octanol–water partition coefficient (Wildman–Crippen LogP) is 4.71. The second-order valence-electron chi connectivity index (χ2n) is 7.64. The van der Waals surface area contributed by atoms with E-state index in [1.165, 1.54) is 53.8 Å². The number of thiazole rings is 1. The highest BCUT2D eigenvalue weighted by Crippen LogP contribution is 2.22. The molecule has 1 heterocycles. The molecule has 188 valence electrons. The number of nitrogens with one attached hydrogen (secondary N) is 1. The molecule has 0 unspecified atom stereocenters. The van der Waals surface area contributed by atoms with Crippen LogP contribution in [0.15, 0.2) is 76.6 Å². The largest absolute Gasteiger partial charge is 0.462 e. The Morgan fingerprint density at radius 3 is 2.57 bits per heavy atom. The maximum Gasteiger partial charge on any atom is 0.338 e. The number of hydrogen-bond acceptors (Lipinski definition) is 6. The zero-order valence-electron chi connectivity index (χ0n) is 19.5. The monoisotopic (exact) mass is 553 g/mol. The average molecular weight is 554 g/mol. The van der Waals surface area contributed by atoms with Gasteiger partial charge in [-0.1, -0.05) is 34.9 Å². The molecule has 0 aliphatic rings. The van der Waals surface area contributed by atoms with Crippen LogP contribution in [-0.4, -0.2) is 31.5 Å². The number of halogens is 1. The molecule has 0 bridgehead atoms. The lowest BCUT2D eigenvalue weighted by atomic mass is 10.2. The maximum absolute atomic E-state index is 13.0. The van der Waals surface area contributed by atoms with E-state index in [9.17, 15) is 18.0 Å². The highest BCUT2D eigenvalue weighted by Gasteiger charge is 2.16. The number of carbonyl (C=O) groups excluding carboxylic acids is 2. The van der Waals surface area contributed by atoms with Gasteiger partial charge in [-0.15, -0.1) is 6.42 Å². The van der Waals surface area contributed by atoms with Crippen LogP contribution in [0.3, 0.4) is 0 Å². The number of carbonyl (C=O) groups is 2. The number of ether oxygens (including phenoxy) is 1. The van der Waals surface area contributed by atoms with Crippen molar-refractivity contribution in [3.05, 3.63) is 87.7 Å². The van der Waals surface area contributed by atoms with Crippen molar-refractivity contribution in [2.45, 2.75) is 18.4 Å². The summed E-state index contributed by atoms with van der Waals surface area (Å²) in [6, 6.07) is 16.7. The quantitative estimate of drug-likeness (QED) is 0.263. The number of fused-ring (bicyclic) bond motifs is 1. The smallest absolute Gasteiger partial charge is 0.338 e. The molecule has 0 atom stereocenters. The van der Waals surface area contributed by atoms with Crippen LogP contribution in [0.4, 0.5) is 5.69 Å². The molecule has 0 aliphatic carbocycles. The van der Waals surface area contributed by atoms with E-state index in [4.69, 9.17) is 22.8 Å². The summed E-state index contributed by atoms with van der Waals surface area (Å²) >= 11 is 7.04. The van der Waals surface area contributed by atoms with E-state index in [1.54, 1.807) is 35.8 Å². The fourth-order valence-corrected chi connectivity index (χ4v) is 5.68. The minimum absolute atomic E-state index is 0.0288. The molecule has 0 aliphatic heterocycles. The van der Waals surface area contributed by atoms with Crippen LogP contribution in [0.1, 0.15) is 27.6 Å². The molecule has 3 aromatic carbocycles. The van der Waals surface area contributed by atoms with Gasteiger partial charge in [-0.25, -0.2) is 13.2 Å². The molecule has 8 nitrogen and oxygen atoms in total. The van der Waals surface area contributed by atoms with Gasteiger partial charge in [0.05, 0.1) is 33.8 Å². The number of terminal acetylenes is 1. The standard InChI is InChI=1S/C26H20ClN3O5S2/c1-3-14-30-22-13-8-18(25(32)35-4-2)16-23(22)36-26(30)28-24(31)17-6-5-7-20(15-17)29-37(33,34)21-11-9-19(27)10-12-21/h1,5-13,15-16,29H,4,14H2,2H3. The minimum atomic E-state index is -3.89. The fourth-order valence-electron chi connectivity index (χ4n) is 3.44. The molecular weight excluding hydrogens is 534 g/mol. The van der Waals surface area contributed by atoms with Crippen LogP contribution < -0.4 is 9.52 Å². The topological polar surface area (TPSA) is 107 Å². The molecule has 37 heavy (non-hydrogen) atoms. The summed E-state index contributed by atoms with van der Waals surface area (Å²) in [4.78, 5) is 29.8. The van der Waals surface area contributed by atoms with Gasteiger partial charge in [0.1, 0.15) is 0 Å². The summed E-state index contributed by atoms with van der Waals surface area (Å²) in [6.45, 7) is 2.14. The minimum Gasteiger partial charge on any atom is -0.462 e. The van der Waals surface area contributed by atoms with Crippen molar-refractivity contribution in [1.82, 2.24) is 4.57 Å². The molecule has 4 aromatic rings. The molecule has 0 radical (unpaired) electrons. The second kappa shape index (κ2) is 11.0. The molecule has 11 heteroatoms. The lowest BCUT2D eigenvalue weighted by Gasteiger charge is -2.09. The van der Waals surface area contributed by atoms with E-state index in [0.29, 0.717) is 25.6 Å². The number of aromatic nitrogens is 1. The Morgan fingerprint density at radius 2 is 1.86 bits per heavy atom. The molecule has 0 spiro atoms. The number of nitrogens with zero attached hydrogens (tertiary/aromatic N) is 2. The highest BCUT2D eigenvalue weighted by atomic mass is 35.5. The Morgan fingerprint density at radius 1 is 1.11 bits per heavy atom. The zero-order valence-corrected chi connectivity index (χ0v) is 21.9. The van der Waals surface area contributed by atoms with Crippen LogP contribution >= 0.6 is 22.9 Å². The van der Waals surface area contributed by atoms with Crippen LogP contribution in [0, 0.1) is 12.3 Å². The number of benzene rings is 3. The van der Waals surface area contributed by atoms with Crippen molar-refractivity contribution in [1.29, 1.82) is 0 Å². The van der Waals surface area contributed by atoms with E-state index in [-0.39, 0.29) is 29.3 Å². The first-order valence-electron chi connectivity index (χ1n) is 10.9. The summed E-state index contributed by atoms with van der Waals surface area (Å²) in [5.74, 6) is 1.51. The third kappa shape index (κ3) is 5.91. The number of esters is 1. The first-order valence-corrected chi connectivity index (χ1v) is 13.6. The SMILES string of the molecule is C#CCn1c(=NC(=O)c2cccc(NS(=O)(=O)c3ccc(Cl)cc3)c2)sc2cc(C(=O)OCC)ccc21. The van der Waals surface area contributed by atoms with Gasteiger partial charge in [0.25, 0.3) is 15.9 Å². The normalized spacial score (nSPS) is 11.8. The summed E-state index contributed by atoms with van der Waals surface area (Å²) in [5.41, 5.74) is 1.46. The highest BCUT2D eigenvalue weighted by molar-refractivity contribution is 7.92. The Kier molecular flexibility index (Phi) is 7.78. The lowest BCUT2D eigenvalue weighted by molar-refractivity contribution is 0.0526. The van der Waals surface area contributed by atoms with Crippen molar-refractivity contribution < 1.29 is 22.7 Å². The Balaban J connectivity index is 1.67. The van der Waals surface area contributed by atoms with Gasteiger partial charge >= 0.3 is 5.97 Å². The average Bonchev–Trinajstić information content (AvgIpc) is 3.20. The first-order chi connectivity index (χ1) is 17.7. The predicted molar refractivity (Wildman–Crippen MR) is 143 cm³/mol.